The highest BCUT2D eigenvalue weighted by Crippen LogP contribution is 2.17. The van der Waals surface area contributed by atoms with Crippen LogP contribution in [0.15, 0.2) is 41.3 Å². The minimum Gasteiger partial charge on any atom is -0.325 e. The Bertz CT molecular complexity index is 764. The van der Waals surface area contributed by atoms with E-state index in [1.807, 2.05) is 0 Å². The molecule has 0 aliphatic heterocycles. The van der Waals surface area contributed by atoms with Gasteiger partial charge in [-0.2, -0.15) is 0 Å². The van der Waals surface area contributed by atoms with Crippen molar-refractivity contribution >= 4 is 50.6 Å². The van der Waals surface area contributed by atoms with Crippen LogP contribution in [0.4, 0.5) is 11.5 Å². The summed E-state index contributed by atoms with van der Waals surface area (Å²) in [5.41, 5.74) is 0.441. The zero-order chi connectivity index (χ0) is 16.2. The lowest BCUT2D eigenvalue weighted by Crippen LogP contribution is -2.15. The van der Waals surface area contributed by atoms with Crippen molar-refractivity contribution in [2.24, 2.45) is 0 Å². The molecule has 0 radical (unpaired) electrons. The number of hydrogen-bond donors (Lipinski definition) is 2. The molecule has 0 bridgehead atoms. The van der Waals surface area contributed by atoms with E-state index in [9.17, 15) is 13.2 Å². The van der Waals surface area contributed by atoms with Gasteiger partial charge in [0.15, 0.2) is 11.0 Å². The van der Waals surface area contributed by atoms with Gasteiger partial charge < -0.3 is 5.32 Å². The molecular weight excluding hydrogens is 351 g/mol. The second-order valence-corrected chi connectivity index (χ2v) is 6.39. The average Bonchev–Trinajstić information content (AvgIpc) is 2.50. The second-order valence-electron chi connectivity index (χ2n) is 4.05. The summed E-state index contributed by atoms with van der Waals surface area (Å²) in [6.45, 7) is 0. The van der Waals surface area contributed by atoms with Gasteiger partial charge >= 0.3 is 0 Å². The third-order valence-electron chi connectivity index (χ3n) is 2.44. The van der Waals surface area contributed by atoms with Gasteiger partial charge in [0, 0.05) is 5.69 Å². The number of nitrogens with one attached hydrogen (secondary N) is 2. The van der Waals surface area contributed by atoms with Crippen molar-refractivity contribution in [1.82, 2.24) is 10.2 Å². The number of anilines is 2. The Balaban J connectivity index is 2.15. The molecule has 0 aliphatic rings. The van der Waals surface area contributed by atoms with Gasteiger partial charge in [-0.25, -0.2) is 8.42 Å². The molecule has 22 heavy (non-hydrogen) atoms. The summed E-state index contributed by atoms with van der Waals surface area (Å²) in [6, 6.07) is 8.39. The zero-order valence-electron chi connectivity index (χ0n) is 11.0. The highest BCUT2D eigenvalue weighted by Gasteiger charge is 2.15. The van der Waals surface area contributed by atoms with Gasteiger partial charge in [-0.15, -0.1) is 21.8 Å². The fourth-order valence-electron chi connectivity index (χ4n) is 1.48. The highest BCUT2D eigenvalue weighted by molar-refractivity contribution is 7.92. The first kappa shape index (κ1) is 16.5. The predicted molar refractivity (Wildman–Crippen MR) is 83.6 cm³/mol. The molecule has 0 saturated heterocycles. The average molecular weight is 361 g/mol. The standard InChI is InChI=1S/C12H10Cl2N4O3S/c13-7-12(19)15-8-1-3-9(4-2-8)22(20,21)18-11-6-5-10(14)16-17-11/h1-6H,7H2,(H,15,19)(H,17,18). The van der Waals surface area contributed by atoms with Crippen molar-refractivity contribution in [2.45, 2.75) is 4.90 Å². The summed E-state index contributed by atoms with van der Waals surface area (Å²) in [5.74, 6) is -0.521. The monoisotopic (exact) mass is 360 g/mol. The molecule has 0 atom stereocenters. The number of carbonyl (C=O) groups excluding carboxylic acids is 1. The maximum atomic E-state index is 12.2. The minimum atomic E-state index is -3.81. The molecule has 0 aliphatic carbocycles. The van der Waals surface area contributed by atoms with Gasteiger partial charge in [0.1, 0.15) is 5.88 Å². The molecule has 0 spiro atoms. The maximum absolute atomic E-state index is 12.2. The molecule has 1 amide bonds. The van der Waals surface area contributed by atoms with Crippen LogP contribution >= 0.6 is 23.2 Å². The Labute approximate surface area is 136 Å². The van der Waals surface area contributed by atoms with E-state index < -0.39 is 10.0 Å². The van der Waals surface area contributed by atoms with Crippen molar-refractivity contribution in [3.63, 3.8) is 0 Å². The van der Waals surface area contributed by atoms with Gasteiger partial charge in [-0.05, 0) is 36.4 Å². The summed E-state index contributed by atoms with van der Waals surface area (Å²) < 4.78 is 26.6. The van der Waals surface area contributed by atoms with Crippen molar-refractivity contribution in [3.8, 4) is 0 Å². The molecule has 116 valence electrons. The first-order valence-corrected chi connectivity index (χ1v) is 8.28. The molecule has 10 heteroatoms. The van der Waals surface area contributed by atoms with E-state index in [2.05, 4.69) is 20.2 Å². The summed E-state index contributed by atoms with van der Waals surface area (Å²) in [7, 11) is -3.81. The van der Waals surface area contributed by atoms with Crippen LogP contribution in [0.25, 0.3) is 0 Å². The molecule has 1 aromatic carbocycles. The SMILES string of the molecule is O=C(CCl)Nc1ccc(S(=O)(=O)Nc2ccc(Cl)nn2)cc1. The summed E-state index contributed by atoms with van der Waals surface area (Å²) in [5, 5.41) is 9.81. The van der Waals surface area contributed by atoms with Gasteiger partial charge in [-0.3, -0.25) is 9.52 Å². The third-order valence-corrected chi connectivity index (χ3v) is 4.26. The number of nitrogens with zero attached hydrogens (tertiary/aromatic N) is 2. The quantitative estimate of drug-likeness (QED) is 0.795. The first-order valence-electron chi connectivity index (χ1n) is 5.88. The number of hydrogen-bond acceptors (Lipinski definition) is 5. The molecule has 0 saturated carbocycles. The van der Waals surface area contributed by atoms with E-state index >= 15 is 0 Å². The minimum absolute atomic E-state index is 0.00752. The topological polar surface area (TPSA) is 101 Å². The molecule has 1 heterocycles. The number of sulfonamides is 1. The van der Waals surface area contributed by atoms with E-state index in [1.54, 1.807) is 0 Å². The van der Waals surface area contributed by atoms with Crippen LogP contribution in [-0.4, -0.2) is 30.4 Å². The van der Waals surface area contributed by atoms with E-state index in [0.717, 1.165) is 0 Å². The predicted octanol–water partition coefficient (Wildman–Crippen LogP) is 2.11. The van der Waals surface area contributed by atoms with Crippen molar-refractivity contribution in [2.75, 3.05) is 15.9 Å². The maximum Gasteiger partial charge on any atom is 0.263 e. The molecule has 7 nitrogen and oxygen atoms in total. The molecule has 0 unspecified atom stereocenters. The molecule has 2 N–H and O–H groups in total. The van der Waals surface area contributed by atoms with E-state index in [0.29, 0.717) is 5.69 Å². The highest BCUT2D eigenvalue weighted by atomic mass is 35.5. The molecular formula is C12H10Cl2N4O3S. The summed E-state index contributed by atoms with van der Waals surface area (Å²) in [4.78, 5) is 11.1. The Morgan fingerprint density at radius 1 is 1.09 bits per heavy atom. The van der Waals surface area contributed by atoms with Gasteiger partial charge in [-0.1, -0.05) is 11.6 Å². The van der Waals surface area contributed by atoms with Gasteiger partial charge in [0.2, 0.25) is 5.91 Å². The van der Waals surface area contributed by atoms with Crippen molar-refractivity contribution in [3.05, 3.63) is 41.6 Å². The van der Waals surface area contributed by atoms with Crippen LogP contribution in [0.1, 0.15) is 0 Å². The summed E-state index contributed by atoms with van der Waals surface area (Å²) in [6.07, 6.45) is 0. The van der Waals surface area contributed by atoms with Crippen LogP contribution in [-0.2, 0) is 14.8 Å². The largest absolute Gasteiger partial charge is 0.325 e. The third kappa shape index (κ3) is 4.30. The molecule has 2 rings (SSSR count). The lowest BCUT2D eigenvalue weighted by atomic mass is 10.3. The lowest BCUT2D eigenvalue weighted by Gasteiger charge is -2.08. The number of benzene rings is 1. The zero-order valence-corrected chi connectivity index (χ0v) is 13.3. The Kier molecular flexibility index (Phi) is 5.17. The fraction of sp³-hybridized carbons (Fsp3) is 0.0833. The van der Waals surface area contributed by atoms with Crippen molar-refractivity contribution < 1.29 is 13.2 Å². The summed E-state index contributed by atoms with van der Waals surface area (Å²) >= 11 is 10.9. The van der Waals surface area contributed by atoms with Crippen LogP contribution < -0.4 is 10.0 Å². The number of halogens is 2. The Morgan fingerprint density at radius 3 is 2.32 bits per heavy atom. The number of carbonyl (C=O) groups is 1. The number of rotatable bonds is 5. The lowest BCUT2D eigenvalue weighted by molar-refractivity contribution is -0.113. The molecule has 1 aromatic heterocycles. The fourth-order valence-corrected chi connectivity index (χ4v) is 2.64. The van der Waals surface area contributed by atoms with E-state index in [1.165, 1.54) is 36.4 Å². The number of alkyl halides is 1. The van der Waals surface area contributed by atoms with Crippen LogP contribution in [0.3, 0.4) is 0 Å². The normalized spacial score (nSPS) is 11.0. The van der Waals surface area contributed by atoms with Crippen LogP contribution in [0.5, 0.6) is 0 Å². The van der Waals surface area contributed by atoms with E-state index in [4.69, 9.17) is 23.2 Å². The Hall–Kier alpha value is -1.90. The van der Waals surface area contributed by atoms with Gasteiger partial charge in [0.25, 0.3) is 10.0 Å². The number of aromatic nitrogens is 2. The molecule has 0 fully saturated rings. The first-order chi connectivity index (χ1) is 10.4. The Morgan fingerprint density at radius 2 is 1.77 bits per heavy atom. The van der Waals surface area contributed by atoms with Gasteiger partial charge in [0.05, 0.1) is 4.90 Å². The van der Waals surface area contributed by atoms with Crippen LogP contribution in [0, 0.1) is 0 Å². The second kappa shape index (κ2) is 6.91. The van der Waals surface area contributed by atoms with Crippen molar-refractivity contribution in [1.29, 1.82) is 0 Å². The van der Waals surface area contributed by atoms with E-state index in [-0.39, 0.29) is 27.7 Å². The van der Waals surface area contributed by atoms with Crippen LogP contribution in [0.2, 0.25) is 5.15 Å². The smallest absolute Gasteiger partial charge is 0.263 e. The number of amides is 1. The molecule has 2 aromatic rings.